The lowest BCUT2D eigenvalue weighted by Gasteiger charge is -2.59. The topological polar surface area (TPSA) is 44.8 Å². The molecule has 1 unspecified atom stereocenters. The van der Waals surface area contributed by atoms with Crippen LogP contribution in [0.1, 0.15) is 59.8 Å². The maximum absolute atomic E-state index is 12.1. The molecule has 24 heavy (non-hydrogen) atoms. The molecular weight excluding hydrogens is 304 g/mol. The molecule has 4 saturated carbocycles. The van der Waals surface area contributed by atoms with Gasteiger partial charge in [-0.1, -0.05) is 6.58 Å². The molecule has 0 N–H and O–H groups in total. The van der Waals surface area contributed by atoms with Crippen LogP contribution in [-0.2, 0) is 19.0 Å². The van der Waals surface area contributed by atoms with E-state index in [2.05, 4.69) is 6.58 Å². The second-order valence-corrected chi connectivity index (χ2v) is 9.33. The van der Waals surface area contributed by atoms with E-state index < -0.39 is 17.0 Å². The minimum atomic E-state index is -0.763. The Bertz CT molecular complexity index is 550. The lowest BCUT2D eigenvalue weighted by Crippen LogP contribution is -2.61. The number of esters is 1. The highest BCUT2D eigenvalue weighted by molar-refractivity contribution is 5.87. The van der Waals surface area contributed by atoms with Gasteiger partial charge < -0.3 is 14.2 Å². The molecule has 1 spiro atoms. The van der Waals surface area contributed by atoms with Gasteiger partial charge in [-0.25, -0.2) is 4.79 Å². The maximum atomic E-state index is 12.1. The SMILES string of the molecule is C=C(C)C(=O)OC(C)(C)C1(C)COC2(O1)C1CC3CC(C1)CC2C3. The second kappa shape index (κ2) is 5.07. The van der Waals surface area contributed by atoms with E-state index in [-0.39, 0.29) is 5.97 Å². The van der Waals surface area contributed by atoms with Gasteiger partial charge in [-0.05, 0) is 71.6 Å². The first-order valence-corrected chi connectivity index (χ1v) is 9.38. The third-order valence-electron chi connectivity index (χ3n) is 7.20. The summed E-state index contributed by atoms with van der Waals surface area (Å²) in [5, 5.41) is 0. The molecule has 1 saturated heterocycles. The van der Waals surface area contributed by atoms with Crippen LogP contribution < -0.4 is 0 Å². The van der Waals surface area contributed by atoms with Gasteiger partial charge in [0.15, 0.2) is 5.79 Å². The van der Waals surface area contributed by atoms with Crippen molar-refractivity contribution in [3.8, 4) is 0 Å². The molecule has 5 aliphatic rings. The van der Waals surface area contributed by atoms with Crippen LogP contribution in [-0.4, -0.2) is 29.6 Å². The van der Waals surface area contributed by atoms with Crippen molar-refractivity contribution in [2.45, 2.75) is 76.8 Å². The van der Waals surface area contributed by atoms with Gasteiger partial charge in [0.1, 0.15) is 11.2 Å². The standard InChI is InChI=1S/C20H30O4/c1-12(2)17(21)23-18(3,4)19(5)11-22-20(24-19)15-7-13-6-14(9-15)10-16(20)8-13/h13-16H,1,6-11H2,2-5H3. The highest BCUT2D eigenvalue weighted by atomic mass is 16.8. The molecule has 4 bridgehead atoms. The first-order valence-electron chi connectivity index (χ1n) is 9.38. The van der Waals surface area contributed by atoms with E-state index in [1.54, 1.807) is 6.92 Å². The van der Waals surface area contributed by atoms with Gasteiger partial charge in [-0.15, -0.1) is 0 Å². The van der Waals surface area contributed by atoms with Crippen molar-refractivity contribution < 1.29 is 19.0 Å². The monoisotopic (exact) mass is 334 g/mol. The fourth-order valence-electron chi connectivity index (χ4n) is 5.63. The smallest absolute Gasteiger partial charge is 0.333 e. The summed E-state index contributed by atoms with van der Waals surface area (Å²) in [5.41, 5.74) is -0.982. The Morgan fingerprint density at radius 2 is 1.67 bits per heavy atom. The quantitative estimate of drug-likeness (QED) is 0.581. The Morgan fingerprint density at radius 3 is 2.17 bits per heavy atom. The van der Waals surface area contributed by atoms with Crippen molar-refractivity contribution in [3.05, 3.63) is 12.2 Å². The van der Waals surface area contributed by atoms with Crippen LogP contribution in [0.5, 0.6) is 0 Å². The fraction of sp³-hybridized carbons (Fsp3) is 0.850. The van der Waals surface area contributed by atoms with Crippen molar-refractivity contribution in [1.82, 2.24) is 0 Å². The van der Waals surface area contributed by atoms with E-state index in [0.717, 1.165) is 11.8 Å². The zero-order valence-electron chi connectivity index (χ0n) is 15.4. The van der Waals surface area contributed by atoms with E-state index in [1.807, 2.05) is 20.8 Å². The summed E-state index contributed by atoms with van der Waals surface area (Å²) < 4.78 is 18.9. The van der Waals surface area contributed by atoms with Gasteiger partial charge in [-0.3, -0.25) is 0 Å². The predicted octanol–water partition coefficient (Wildman–Crippen LogP) is 3.84. The largest absolute Gasteiger partial charge is 0.453 e. The molecule has 5 fully saturated rings. The highest BCUT2D eigenvalue weighted by Crippen LogP contribution is 2.63. The number of carbonyl (C=O) groups excluding carboxylic acids is 1. The van der Waals surface area contributed by atoms with Crippen molar-refractivity contribution in [1.29, 1.82) is 0 Å². The summed E-state index contributed by atoms with van der Waals surface area (Å²) in [6, 6.07) is 0. The molecule has 4 aliphatic carbocycles. The Labute approximate surface area is 144 Å². The van der Waals surface area contributed by atoms with E-state index >= 15 is 0 Å². The first-order chi connectivity index (χ1) is 11.2. The van der Waals surface area contributed by atoms with Crippen molar-refractivity contribution in [2.24, 2.45) is 23.7 Å². The average molecular weight is 334 g/mol. The van der Waals surface area contributed by atoms with Crippen LogP contribution in [0.15, 0.2) is 12.2 Å². The molecule has 4 heteroatoms. The molecule has 0 radical (unpaired) electrons. The molecule has 1 aliphatic heterocycles. The highest BCUT2D eigenvalue weighted by Gasteiger charge is 2.67. The maximum Gasteiger partial charge on any atom is 0.333 e. The molecule has 0 aromatic rings. The summed E-state index contributed by atoms with van der Waals surface area (Å²) in [7, 11) is 0. The van der Waals surface area contributed by atoms with Crippen LogP contribution in [0.25, 0.3) is 0 Å². The lowest BCUT2D eigenvalue weighted by atomic mass is 9.53. The Hall–Kier alpha value is -0.870. The Balaban J connectivity index is 1.57. The molecule has 134 valence electrons. The van der Waals surface area contributed by atoms with E-state index in [1.165, 1.54) is 32.1 Å². The molecule has 0 amide bonds. The number of rotatable bonds is 3. The van der Waals surface area contributed by atoms with Gasteiger partial charge >= 0.3 is 5.97 Å². The molecular formula is C20H30O4. The predicted molar refractivity (Wildman–Crippen MR) is 90.2 cm³/mol. The second-order valence-electron chi connectivity index (χ2n) is 9.33. The first kappa shape index (κ1) is 16.6. The Kier molecular flexibility index (Phi) is 3.51. The summed E-state index contributed by atoms with van der Waals surface area (Å²) in [4.78, 5) is 12.1. The third kappa shape index (κ3) is 2.22. The molecule has 1 heterocycles. The summed E-state index contributed by atoms with van der Waals surface area (Å²) >= 11 is 0. The van der Waals surface area contributed by atoms with E-state index in [9.17, 15) is 4.79 Å². The molecule has 5 rings (SSSR count). The zero-order valence-corrected chi connectivity index (χ0v) is 15.4. The number of carbonyl (C=O) groups is 1. The molecule has 4 nitrogen and oxygen atoms in total. The summed E-state index contributed by atoms with van der Waals surface area (Å²) in [6.07, 6.45) is 6.33. The Morgan fingerprint density at radius 1 is 1.12 bits per heavy atom. The van der Waals surface area contributed by atoms with Crippen LogP contribution in [0.4, 0.5) is 0 Å². The van der Waals surface area contributed by atoms with E-state index in [0.29, 0.717) is 24.0 Å². The van der Waals surface area contributed by atoms with Crippen LogP contribution in [0.2, 0.25) is 0 Å². The van der Waals surface area contributed by atoms with Gasteiger partial charge in [0.25, 0.3) is 0 Å². The van der Waals surface area contributed by atoms with E-state index in [4.69, 9.17) is 14.2 Å². The van der Waals surface area contributed by atoms with Crippen LogP contribution in [0.3, 0.4) is 0 Å². The van der Waals surface area contributed by atoms with Crippen LogP contribution >= 0.6 is 0 Å². The minimum Gasteiger partial charge on any atom is -0.453 e. The zero-order chi connectivity index (χ0) is 17.3. The normalized spacial score (nSPS) is 46.5. The van der Waals surface area contributed by atoms with Crippen molar-refractivity contribution >= 4 is 5.97 Å². The average Bonchev–Trinajstić information content (AvgIpc) is 2.85. The molecule has 0 aromatic heterocycles. The van der Waals surface area contributed by atoms with Crippen molar-refractivity contribution in [2.75, 3.05) is 6.61 Å². The van der Waals surface area contributed by atoms with Crippen molar-refractivity contribution in [3.63, 3.8) is 0 Å². The van der Waals surface area contributed by atoms with Gasteiger partial charge in [0.05, 0.1) is 6.61 Å². The number of hydrogen-bond donors (Lipinski definition) is 0. The number of ether oxygens (including phenoxy) is 3. The minimum absolute atomic E-state index is 0.365. The van der Waals surface area contributed by atoms with Gasteiger partial charge in [-0.2, -0.15) is 0 Å². The van der Waals surface area contributed by atoms with Crippen LogP contribution in [0, 0.1) is 23.7 Å². The summed E-state index contributed by atoms with van der Waals surface area (Å²) in [5.74, 6) is 1.93. The summed E-state index contributed by atoms with van der Waals surface area (Å²) in [6.45, 7) is 11.7. The third-order valence-corrected chi connectivity index (χ3v) is 7.20. The molecule has 1 atom stereocenters. The molecule has 0 aromatic carbocycles. The number of hydrogen-bond acceptors (Lipinski definition) is 4. The van der Waals surface area contributed by atoms with Gasteiger partial charge in [0, 0.05) is 17.4 Å². The lowest BCUT2D eigenvalue weighted by molar-refractivity contribution is -0.314. The fourth-order valence-corrected chi connectivity index (χ4v) is 5.63. The van der Waals surface area contributed by atoms with Gasteiger partial charge in [0.2, 0.25) is 0 Å².